The zero-order valence-electron chi connectivity index (χ0n) is 18.4. The van der Waals surface area contributed by atoms with Crippen LogP contribution < -0.4 is 16.0 Å². The third kappa shape index (κ3) is 4.67. The minimum Gasteiger partial charge on any atom is -0.362 e. The van der Waals surface area contributed by atoms with Crippen LogP contribution in [-0.2, 0) is 22.4 Å². The van der Waals surface area contributed by atoms with Gasteiger partial charge in [0, 0.05) is 29.2 Å². The van der Waals surface area contributed by atoms with Crippen LogP contribution in [0.25, 0.3) is 11.6 Å². The lowest BCUT2D eigenvalue weighted by Gasteiger charge is -2.23. The summed E-state index contributed by atoms with van der Waals surface area (Å²) in [4.78, 5) is 15.7. The van der Waals surface area contributed by atoms with Gasteiger partial charge in [-0.1, -0.05) is 0 Å². The van der Waals surface area contributed by atoms with Crippen molar-refractivity contribution in [2.24, 2.45) is 5.92 Å². The fraction of sp³-hybridized carbons (Fsp3) is 0.458. The van der Waals surface area contributed by atoms with Crippen molar-refractivity contribution in [3.05, 3.63) is 52.1 Å². The van der Waals surface area contributed by atoms with Crippen molar-refractivity contribution in [2.75, 3.05) is 32.2 Å². The fourth-order valence-electron chi connectivity index (χ4n) is 4.42. The van der Waals surface area contributed by atoms with Crippen LogP contribution in [0.2, 0.25) is 0 Å². The third-order valence-electron chi connectivity index (χ3n) is 6.46. The predicted molar refractivity (Wildman–Crippen MR) is 121 cm³/mol. The molecule has 2 aliphatic rings. The van der Waals surface area contributed by atoms with E-state index in [-0.39, 0.29) is 17.8 Å². The first kappa shape index (κ1) is 21.6. The second kappa shape index (κ2) is 9.24. The molecule has 0 fully saturated rings. The Morgan fingerprint density at radius 3 is 3.06 bits per heavy atom. The molecule has 1 unspecified atom stereocenters. The molecule has 31 heavy (non-hydrogen) atoms. The average molecular weight is 427 g/mol. The number of aromatic nitrogens is 1. The highest BCUT2D eigenvalue weighted by atomic mass is 19.1. The van der Waals surface area contributed by atoms with Crippen LogP contribution in [0.1, 0.15) is 41.4 Å². The van der Waals surface area contributed by atoms with Crippen LogP contribution in [0, 0.1) is 18.7 Å². The molecule has 1 aromatic heterocycles. The number of anilines is 1. The quantitative estimate of drug-likeness (QED) is 0.592. The van der Waals surface area contributed by atoms with Gasteiger partial charge in [-0.3, -0.25) is 4.79 Å². The summed E-state index contributed by atoms with van der Waals surface area (Å²) in [5.41, 5.74) is 7.56. The SMILES string of the molecule is CN[C@@H](C)C(=O)NCC1CCc2c([nH]c(/C=C3\COCNc4ccc(F)cc43)c2C)C1. The molecular formula is C24H31FN4O2. The molecule has 0 bridgehead atoms. The topological polar surface area (TPSA) is 78.2 Å². The molecule has 2 atom stereocenters. The van der Waals surface area contributed by atoms with Crippen LogP contribution in [-0.4, -0.2) is 43.9 Å². The van der Waals surface area contributed by atoms with Gasteiger partial charge in [0.25, 0.3) is 0 Å². The minimum atomic E-state index is -0.256. The number of hydrogen-bond acceptors (Lipinski definition) is 4. The summed E-state index contributed by atoms with van der Waals surface area (Å²) in [6.07, 6.45) is 5.05. The monoisotopic (exact) mass is 426 g/mol. The van der Waals surface area contributed by atoms with Gasteiger partial charge in [0.15, 0.2) is 0 Å². The van der Waals surface area contributed by atoms with Crippen molar-refractivity contribution < 1.29 is 13.9 Å². The molecule has 0 radical (unpaired) electrons. The Morgan fingerprint density at radius 2 is 2.26 bits per heavy atom. The van der Waals surface area contributed by atoms with E-state index in [1.54, 1.807) is 19.2 Å². The predicted octanol–water partition coefficient (Wildman–Crippen LogP) is 3.23. The Hall–Kier alpha value is -2.64. The molecule has 0 saturated carbocycles. The van der Waals surface area contributed by atoms with Crippen LogP contribution in [0.3, 0.4) is 0 Å². The first-order valence-corrected chi connectivity index (χ1v) is 10.9. The van der Waals surface area contributed by atoms with Crippen LogP contribution in [0.5, 0.6) is 0 Å². The van der Waals surface area contributed by atoms with E-state index >= 15 is 0 Å². The zero-order chi connectivity index (χ0) is 22.0. The third-order valence-corrected chi connectivity index (χ3v) is 6.46. The molecular weight excluding hydrogens is 395 g/mol. The van der Waals surface area contributed by atoms with Crippen molar-refractivity contribution in [3.63, 3.8) is 0 Å². The molecule has 0 spiro atoms. The summed E-state index contributed by atoms with van der Waals surface area (Å²) in [5, 5.41) is 9.22. The number of benzene rings is 1. The number of fused-ring (bicyclic) bond motifs is 2. The van der Waals surface area contributed by atoms with Gasteiger partial charge in [0.1, 0.15) is 12.5 Å². The summed E-state index contributed by atoms with van der Waals surface area (Å²) in [6.45, 7) is 5.51. The number of nitrogens with one attached hydrogen (secondary N) is 4. The lowest BCUT2D eigenvalue weighted by atomic mass is 9.86. The second-order valence-corrected chi connectivity index (χ2v) is 8.51. The van der Waals surface area contributed by atoms with Gasteiger partial charge in [0.2, 0.25) is 5.91 Å². The number of carbonyl (C=O) groups is 1. The number of H-pyrrole nitrogens is 1. The molecule has 0 saturated heterocycles. The van der Waals surface area contributed by atoms with Gasteiger partial charge >= 0.3 is 0 Å². The number of aromatic amines is 1. The van der Waals surface area contributed by atoms with Crippen molar-refractivity contribution in [2.45, 2.75) is 39.2 Å². The Labute approximate surface area is 182 Å². The molecule has 166 valence electrons. The van der Waals surface area contributed by atoms with E-state index in [9.17, 15) is 9.18 Å². The van der Waals surface area contributed by atoms with Gasteiger partial charge in [0.05, 0.1) is 12.6 Å². The molecule has 6 nitrogen and oxygen atoms in total. The highest BCUT2D eigenvalue weighted by molar-refractivity contribution is 5.88. The maximum Gasteiger partial charge on any atom is 0.236 e. The molecule has 4 rings (SSSR count). The summed E-state index contributed by atoms with van der Waals surface area (Å²) in [5.74, 6) is 0.196. The fourth-order valence-corrected chi connectivity index (χ4v) is 4.42. The Bertz CT molecular complexity index is 998. The van der Waals surface area contributed by atoms with Crippen LogP contribution in [0.15, 0.2) is 18.2 Å². The lowest BCUT2D eigenvalue weighted by molar-refractivity contribution is -0.122. The Morgan fingerprint density at radius 1 is 1.42 bits per heavy atom. The summed E-state index contributed by atoms with van der Waals surface area (Å²) >= 11 is 0. The maximum absolute atomic E-state index is 13.9. The molecule has 1 aliphatic carbocycles. The normalized spacial score (nSPS) is 20.4. The summed E-state index contributed by atoms with van der Waals surface area (Å²) < 4.78 is 19.6. The Balaban J connectivity index is 1.54. The molecule has 1 aliphatic heterocycles. The Kier molecular flexibility index (Phi) is 6.43. The van der Waals surface area contributed by atoms with E-state index in [0.29, 0.717) is 25.8 Å². The number of rotatable bonds is 5. The van der Waals surface area contributed by atoms with Gasteiger partial charge in [-0.2, -0.15) is 0 Å². The van der Waals surface area contributed by atoms with E-state index < -0.39 is 0 Å². The standard InChI is InChI=1S/C24H31FN4O2/c1-14-19-6-4-16(11-27-24(30)15(2)26-3)8-23(19)29-22(14)9-17-12-31-13-28-21-7-5-18(25)10-20(17)21/h5,7,9-10,15-16,26,28-29H,4,6,8,11-13H2,1-3H3,(H,27,30)/b17-9+/t15-,16?/m0/s1. The highest BCUT2D eigenvalue weighted by Gasteiger charge is 2.24. The van der Waals surface area contributed by atoms with Crippen molar-refractivity contribution in [1.82, 2.24) is 15.6 Å². The van der Waals surface area contributed by atoms with Crippen LogP contribution >= 0.6 is 0 Å². The van der Waals surface area contributed by atoms with Gasteiger partial charge < -0.3 is 25.7 Å². The van der Waals surface area contributed by atoms with Crippen molar-refractivity contribution >= 4 is 23.2 Å². The molecule has 1 aromatic carbocycles. The van der Waals surface area contributed by atoms with E-state index in [1.807, 2.05) is 6.92 Å². The average Bonchev–Trinajstić information content (AvgIpc) is 2.94. The zero-order valence-corrected chi connectivity index (χ0v) is 18.4. The lowest BCUT2D eigenvalue weighted by Crippen LogP contribution is -2.42. The molecule has 2 heterocycles. The number of likely N-dealkylation sites (N-methyl/N-ethyl adjacent to an activating group) is 1. The first-order valence-electron chi connectivity index (χ1n) is 10.9. The van der Waals surface area contributed by atoms with E-state index in [1.165, 1.54) is 22.9 Å². The van der Waals surface area contributed by atoms with E-state index in [0.717, 1.165) is 41.8 Å². The summed E-state index contributed by atoms with van der Waals surface area (Å²) in [7, 11) is 1.79. The molecule has 2 aromatic rings. The van der Waals surface area contributed by atoms with E-state index in [2.05, 4.69) is 33.9 Å². The second-order valence-electron chi connectivity index (χ2n) is 8.51. The number of carbonyl (C=O) groups excluding carboxylic acids is 1. The van der Waals surface area contributed by atoms with Gasteiger partial charge in [-0.05, 0) is 87.1 Å². The van der Waals surface area contributed by atoms with Gasteiger partial charge in [-0.25, -0.2) is 4.39 Å². The minimum absolute atomic E-state index is 0.0363. The van der Waals surface area contributed by atoms with Crippen molar-refractivity contribution in [3.8, 4) is 0 Å². The molecule has 7 heteroatoms. The summed E-state index contributed by atoms with van der Waals surface area (Å²) in [6, 6.07) is 4.59. The smallest absolute Gasteiger partial charge is 0.236 e. The van der Waals surface area contributed by atoms with Crippen LogP contribution in [0.4, 0.5) is 10.1 Å². The number of hydrogen-bond donors (Lipinski definition) is 4. The first-order chi connectivity index (χ1) is 15.0. The molecule has 1 amide bonds. The number of amides is 1. The van der Waals surface area contributed by atoms with Crippen molar-refractivity contribution in [1.29, 1.82) is 0 Å². The molecule has 4 N–H and O–H groups in total. The number of halogens is 1. The van der Waals surface area contributed by atoms with Gasteiger partial charge in [-0.15, -0.1) is 0 Å². The maximum atomic E-state index is 13.9. The van der Waals surface area contributed by atoms with E-state index in [4.69, 9.17) is 4.74 Å². The number of ether oxygens (including phenoxy) is 1. The largest absolute Gasteiger partial charge is 0.362 e. The highest BCUT2D eigenvalue weighted by Crippen LogP contribution is 2.33.